The van der Waals surface area contributed by atoms with Crippen molar-refractivity contribution in [3.8, 4) is 11.1 Å². The van der Waals surface area contributed by atoms with E-state index in [1.165, 1.54) is 18.5 Å². The van der Waals surface area contributed by atoms with Crippen molar-refractivity contribution >= 4 is 11.8 Å². The van der Waals surface area contributed by atoms with E-state index >= 15 is 0 Å². The molecule has 2 atom stereocenters. The van der Waals surface area contributed by atoms with E-state index < -0.39 is 0 Å². The van der Waals surface area contributed by atoms with E-state index in [4.69, 9.17) is 0 Å². The molecular weight excluding hydrogens is 378 g/mol. The number of rotatable bonds is 5. The van der Waals surface area contributed by atoms with Crippen LogP contribution in [0.3, 0.4) is 0 Å². The van der Waals surface area contributed by atoms with Gasteiger partial charge in [-0.3, -0.25) is 10.2 Å². The Labute approximate surface area is 175 Å². The average Bonchev–Trinajstić information content (AvgIpc) is 3.52. The van der Waals surface area contributed by atoms with Crippen molar-refractivity contribution in [1.29, 1.82) is 0 Å². The van der Waals surface area contributed by atoms with Crippen LogP contribution in [0.4, 0.5) is 5.82 Å². The molecule has 2 aromatic rings. The summed E-state index contributed by atoms with van der Waals surface area (Å²) in [5, 5.41) is 7.01. The van der Waals surface area contributed by atoms with Crippen LogP contribution in [0, 0.1) is 5.92 Å². The third kappa shape index (κ3) is 4.03. The molecule has 0 aromatic carbocycles. The molecule has 2 saturated carbocycles. The maximum atomic E-state index is 12.3. The van der Waals surface area contributed by atoms with Crippen molar-refractivity contribution in [1.82, 2.24) is 25.7 Å². The molecule has 0 bridgehead atoms. The number of nitrogens with one attached hydrogen (secondary N) is 4. The van der Waals surface area contributed by atoms with Crippen LogP contribution in [0.25, 0.3) is 11.1 Å². The summed E-state index contributed by atoms with van der Waals surface area (Å²) in [7, 11) is 1.76. The summed E-state index contributed by atoms with van der Waals surface area (Å²) in [6, 6.07) is 8.34. The highest BCUT2D eigenvalue weighted by atomic mass is 16.1. The monoisotopic (exact) mass is 405 g/mol. The smallest absolute Gasteiger partial charge is 0.258 e. The quantitative estimate of drug-likeness (QED) is 0.608. The molecule has 30 heavy (non-hydrogen) atoms. The van der Waals surface area contributed by atoms with E-state index in [1.54, 1.807) is 24.0 Å². The fourth-order valence-corrected chi connectivity index (χ4v) is 4.11. The van der Waals surface area contributed by atoms with Crippen LogP contribution < -0.4 is 27.0 Å². The molecule has 5 rings (SSSR count). The van der Waals surface area contributed by atoms with Gasteiger partial charge in [-0.05, 0) is 56.4 Å². The molecule has 0 amide bonds. The number of anilines is 1. The van der Waals surface area contributed by atoms with Crippen LogP contribution >= 0.6 is 0 Å². The third-order valence-electron chi connectivity index (χ3n) is 6.00. The number of pyridine rings is 2. The standard InChI is InChI=1S/C22H27N7O/c1-29-10-2-3-18(21(29)30)15-6-9-20(23-12-15)25-16-7-8-17(11-16)26-22-24-13-19(27-28-22)14-4-5-14/h2-3,6,9-10,12-14,16-17,27H,4-5,7-8,11H2,1H3,(H,23,25)(H2,24,26,28)/t16-,17-/m0/s1. The lowest BCUT2D eigenvalue weighted by Crippen LogP contribution is -2.50. The number of aromatic nitrogens is 2. The van der Waals surface area contributed by atoms with E-state index in [0.717, 1.165) is 36.6 Å². The van der Waals surface area contributed by atoms with Crippen molar-refractivity contribution in [3.63, 3.8) is 0 Å². The first-order valence-electron chi connectivity index (χ1n) is 10.6. The Kier molecular flexibility index (Phi) is 4.90. The van der Waals surface area contributed by atoms with Crippen molar-refractivity contribution in [2.24, 2.45) is 18.0 Å². The molecule has 0 spiro atoms. The van der Waals surface area contributed by atoms with E-state index in [-0.39, 0.29) is 5.56 Å². The first-order chi connectivity index (χ1) is 14.7. The Bertz CT molecular complexity index is 1040. The molecule has 156 valence electrons. The molecule has 2 aliphatic carbocycles. The zero-order valence-electron chi connectivity index (χ0n) is 17.1. The lowest BCUT2D eigenvalue weighted by molar-refractivity contribution is 0.584. The number of guanidine groups is 1. The van der Waals surface area contributed by atoms with Crippen LogP contribution in [0.2, 0.25) is 0 Å². The molecular formula is C22H27N7O. The van der Waals surface area contributed by atoms with Gasteiger partial charge in [-0.15, -0.1) is 0 Å². The lowest BCUT2D eigenvalue weighted by Gasteiger charge is -2.22. The zero-order chi connectivity index (χ0) is 20.5. The van der Waals surface area contributed by atoms with E-state index in [9.17, 15) is 4.79 Å². The number of hydrazine groups is 1. The summed E-state index contributed by atoms with van der Waals surface area (Å²) in [5.41, 5.74) is 9.09. The molecule has 2 fully saturated rings. The highest BCUT2D eigenvalue weighted by molar-refractivity contribution is 5.81. The molecule has 8 heteroatoms. The fourth-order valence-electron chi connectivity index (χ4n) is 4.11. The summed E-state index contributed by atoms with van der Waals surface area (Å²) >= 11 is 0. The summed E-state index contributed by atoms with van der Waals surface area (Å²) in [6.07, 6.45) is 11.1. The zero-order valence-corrected chi connectivity index (χ0v) is 17.1. The molecule has 4 N–H and O–H groups in total. The Balaban J connectivity index is 1.16. The third-order valence-corrected chi connectivity index (χ3v) is 6.00. The summed E-state index contributed by atoms with van der Waals surface area (Å²) in [6.45, 7) is 0. The predicted octanol–water partition coefficient (Wildman–Crippen LogP) is 2.09. The normalized spacial score (nSPS) is 23.1. The topological polar surface area (TPSA) is 95.4 Å². The second kappa shape index (κ2) is 7.85. The maximum absolute atomic E-state index is 12.3. The van der Waals surface area contributed by atoms with E-state index in [0.29, 0.717) is 23.6 Å². The van der Waals surface area contributed by atoms with Crippen LogP contribution in [0.15, 0.2) is 58.3 Å². The van der Waals surface area contributed by atoms with Crippen molar-refractivity contribution < 1.29 is 0 Å². The number of allylic oxidation sites excluding steroid dienone is 1. The maximum Gasteiger partial charge on any atom is 0.258 e. The van der Waals surface area contributed by atoms with Crippen molar-refractivity contribution in [2.75, 3.05) is 5.32 Å². The molecule has 1 aliphatic heterocycles. The fraction of sp³-hybridized carbons (Fsp3) is 0.409. The minimum absolute atomic E-state index is 0.0162. The highest BCUT2D eigenvalue weighted by Gasteiger charge is 2.29. The Hall–Kier alpha value is -3.29. The number of hydrogen-bond acceptors (Lipinski definition) is 7. The van der Waals surface area contributed by atoms with Crippen molar-refractivity contribution in [3.05, 3.63) is 58.9 Å². The highest BCUT2D eigenvalue weighted by Crippen LogP contribution is 2.35. The second-order valence-corrected chi connectivity index (χ2v) is 8.35. The van der Waals surface area contributed by atoms with Gasteiger partial charge in [0.15, 0.2) is 0 Å². The molecule has 3 aliphatic rings. The molecule has 8 nitrogen and oxygen atoms in total. The molecule has 0 radical (unpaired) electrons. The number of aryl methyl sites for hydroxylation is 1. The van der Waals surface area contributed by atoms with Crippen LogP contribution in [-0.2, 0) is 7.05 Å². The minimum atomic E-state index is -0.0162. The van der Waals surface area contributed by atoms with E-state index in [1.807, 2.05) is 30.5 Å². The van der Waals surface area contributed by atoms with Gasteiger partial charge in [-0.25, -0.2) is 9.98 Å². The largest absolute Gasteiger partial charge is 0.367 e. The van der Waals surface area contributed by atoms with Gasteiger partial charge in [0.25, 0.3) is 5.56 Å². The number of nitrogens with zero attached hydrogens (tertiary/aromatic N) is 3. The second-order valence-electron chi connectivity index (χ2n) is 8.35. The number of aliphatic imine (C=N–C) groups is 1. The van der Waals surface area contributed by atoms with Gasteiger partial charge in [0.2, 0.25) is 5.96 Å². The summed E-state index contributed by atoms with van der Waals surface area (Å²) in [4.78, 5) is 21.3. The summed E-state index contributed by atoms with van der Waals surface area (Å²) in [5.74, 6) is 2.28. The van der Waals surface area contributed by atoms with Crippen LogP contribution in [0.5, 0.6) is 0 Å². The Morgan fingerprint density at radius 3 is 2.60 bits per heavy atom. The number of hydrogen-bond donors (Lipinski definition) is 4. The molecule has 0 unspecified atom stereocenters. The van der Waals surface area contributed by atoms with Gasteiger partial charge in [0.05, 0.1) is 11.9 Å². The first-order valence-corrected chi connectivity index (χ1v) is 10.6. The van der Waals surface area contributed by atoms with Gasteiger partial charge >= 0.3 is 0 Å². The lowest BCUT2D eigenvalue weighted by atomic mass is 10.1. The molecule has 3 heterocycles. The predicted molar refractivity (Wildman–Crippen MR) is 118 cm³/mol. The SMILES string of the molecule is Cn1cccc(-c2ccc(N[C@H]3CC[C@H](NC4=NC=C(C5CC5)NN4)C3)nc2)c1=O. The van der Waals surface area contributed by atoms with Crippen LogP contribution in [0.1, 0.15) is 32.1 Å². The average molecular weight is 406 g/mol. The molecule has 2 aromatic heterocycles. The minimum Gasteiger partial charge on any atom is -0.367 e. The Morgan fingerprint density at radius 2 is 1.90 bits per heavy atom. The van der Waals surface area contributed by atoms with Gasteiger partial charge in [-0.1, -0.05) is 0 Å². The summed E-state index contributed by atoms with van der Waals surface area (Å²) < 4.78 is 1.58. The molecule has 0 saturated heterocycles. The van der Waals surface area contributed by atoms with Crippen molar-refractivity contribution in [2.45, 2.75) is 44.2 Å². The van der Waals surface area contributed by atoms with Gasteiger partial charge in [0, 0.05) is 48.6 Å². The van der Waals surface area contributed by atoms with Crippen LogP contribution in [-0.4, -0.2) is 27.6 Å². The van der Waals surface area contributed by atoms with Gasteiger partial charge < -0.3 is 20.6 Å². The van der Waals surface area contributed by atoms with E-state index in [2.05, 4.69) is 31.5 Å². The first kappa shape index (κ1) is 18.7. The Morgan fingerprint density at radius 1 is 1.07 bits per heavy atom. The van der Waals surface area contributed by atoms with Gasteiger partial charge in [0.1, 0.15) is 5.82 Å². The van der Waals surface area contributed by atoms with Gasteiger partial charge in [-0.2, -0.15) is 0 Å².